The lowest BCUT2D eigenvalue weighted by Gasteiger charge is -2.07. The Bertz CT molecular complexity index is 631. The number of carbonyl (C=O) groups is 1. The number of halogens is 1. The predicted molar refractivity (Wildman–Crippen MR) is 78.5 cm³/mol. The number of aryl methyl sites for hydroxylation is 1. The van der Waals surface area contributed by atoms with Crippen molar-refractivity contribution in [3.63, 3.8) is 0 Å². The van der Waals surface area contributed by atoms with Gasteiger partial charge in [0.25, 0.3) is 0 Å². The standard InChI is InChI=1S/C14H12BrNOS/c1-10-6-7-16(14(18)8-10)9-13(17)11-2-4-12(15)5-3-11/h2-8H,9H2,1H3. The Hall–Kier alpha value is -1.26. The number of rotatable bonds is 3. The summed E-state index contributed by atoms with van der Waals surface area (Å²) in [6.45, 7) is 2.26. The van der Waals surface area contributed by atoms with Crippen molar-refractivity contribution in [1.82, 2.24) is 4.57 Å². The van der Waals surface area contributed by atoms with Gasteiger partial charge in [0.1, 0.15) is 4.64 Å². The third-order valence-electron chi connectivity index (χ3n) is 2.63. The van der Waals surface area contributed by atoms with Gasteiger partial charge in [-0.3, -0.25) is 4.79 Å². The summed E-state index contributed by atoms with van der Waals surface area (Å²) in [4.78, 5) is 12.1. The minimum absolute atomic E-state index is 0.0578. The molecule has 0 spiro atoms. The van der Waals surface area contributed by atoms with Crippen LogP contribution in [-0.4, -0.2) is 10.4 Å². The summed E-state index contributed by atoms with van der Waals surface area (Å²) in [5.41, 5.74) is 1.80. The Labute approximate surface area is 119 Å². The first-order valence-corrected chi connectivity index (χ1v) is 6.72. The molecule has 0 amide bonds. The van der Waals surface area contributed by atoms with Crippen LogP contribution in [0.5, 0.6) is 0 Å². The zero-order chi connectivity index (χ0) is 13.1. The number of pyridine rings is 1. The number of benzene rings is 1. The average molecular weight is 322 g/mol. The van der Waals surface area contributed by atoms with Gasteiger partial charge in [0.05, 0.1) is 6.54 Å². The Balaban J connectivity index is 2.21. The fourth-order valence-corrected chi connectivity index (χ4v) is 2.19. The first-order valence-electron chi connectivity index (χ1n) is 5.52. The molecule has 1 aromatic carbocycles. The van der Waals surface area contributed by atoms with E-state index in [-0.39, 0.29) is 12.3 Å². The van der Waals surface area contributed by atoms with Crippen molar-refractivity contribution in [2.75, 3.05) is 0 Å². The normalized spacial score (nSPS) is 10.3. The molecule has 0 N–H and O–H groups in total. The van der Waals surface area contributed by atoms with Gasteiger partial charge in [0.2, 0.25) is 0 Å². The highest BCUT2D eigenvalue weighted by atomic mass is 79.9. The molecular weight excluding hydrogens is 310 g/mol. The van der Waals surface area contributed by atoms with Gasteiger partial charge in [-0.25, -0.2) is 0 Å². The van der Waals surface area contributed by atoms with Crippen molar-refractivity contribution in [2.24, 2.45) is 0 Å². The molecule has 2 nitrogen and oxygen atoms in total. The van der Waals surface area contributed by atoms with Gasteiger partial charge >= 0.3 is 0 Å². The topological polar surface area (TPSA) is 22.0 Å². The highest BCUT2D eigenvalue weighted by molar-refractivity contribution is 9.10. The summed E-state index contributed by atoms with van der Waals surface area (Å²) in [6, 6.07) is 11.2. The molecular formula is C14H12BrNOS. The number of Topliss-reactive ketones (excluding diaryl/α,β-unsaturated/α-hetero) is 1. The summed E-state index contributed by atoms with van der Waals surface area (Å²) in [5.74, 6) is 0.0578. The SMILES string of the molecule is Cc1ccn(CC(=O)c2ccc(Br)cc2)c(=S)c1. The maximum atomic E-state index is 12.1. The first kappa shape index (κ1) is 13.2. The second-order valence-electron chi connectivity index (χ2n) is 4.10. The van der Waals surface area contributed by atoms with E-state index >= 15 is 0 Å². The smallest absolute Gasteiger partial charge is 0.182 e. The summed E-state index contributed by atoms with van der Waals surface area (Å²) in [7, 11) is 0. The fourth-order valence-electron chi connectivity index (χ4n) is 1.62. The van der Waals surface area contributed by atoms with E-state index in [1.54, 1.807) is 4.57 Å². The molecule has 1 aromatic heterocycles. The number of hydrogen-bond acceptors (Lipinski definition) is 2. The molecule has 0 saturated carbocycles. The van der Waals surface area contributed by atoms with E-state index in [0.29, 0.717) is 10.2 Å². The molecule has 2 rings (SSSR count). The van der Waals surface area contributed by atoms with Crippen molar-refractivity contribution in [3.8, 4) is 0 Å². The minimum atomic E-state index is 0.0578. The number of hydrogen-bond donors (Lipinski definition) is 0. The van der Waals surface area contributed by atoms with Crippen LogP contribution < -0.4 is 0 Å². The number of nitrogens with zero attached hydrogens (tertiary/aromatic N) is 1. The van der Waals surface area contributed by atoms with Crippen LogP contribution in [0.25, 0.3) is 0 Å². The van der Waals surface area contributed by atoms with Crippen molar-refractivity contribution < 1.29 is 4.79 Å². The maximum Gasteiger partial charge on any atom is 0.182 e. The van der Waals surface area contributed by atoms with Crippen LogP contribution in [0.3, 0.4) is 0 Å². The van der Waals surface area contributed by atoms with Crippen LogP contribution in [0.2, 0.25) is 0 Å². The van der Waals surface area contributed by atoms with E-state index in [2.05, 4.69) is 15.9 Å². The molecule has 0 atom stereocenters. The van der Waals surface area contributed by atoms with Crippen LogP contribution in [0.4, 0.5) is 0 Å². The van der Waals surface area contributed by atoms with Crippen LogP contribution >= 0.6 is 28.1 Å². The van der Waals surface area contributed by atoms with Crippen LogP contribution in [-0.2, 0) is 6.54 Å². The molecule has 0 unspecified atom stereocenters. The highest BCUT2D eigenvalue weighted by Gasteiger charge is 2.06. The van der Waals surface area contributed by atoms with Gasteiger partial charge in [0.15, 0.2) is 5.78 Å². The Morgan fingerprint density at radius 3 is 2.56 bits per heavy atom. The quantitative estimate of drug-likeness (QED) is 0.625. The van der Waals surface area contributed by atoms with Crippen molar-refractivity contribution in [2.45, 2.75) is 13.5 Å². The fraction of sp³-hybridized carbons (Fsp3) is 0.143. The molecule has 18 heavy (non-hydrogen) atoms. The highest BCUT2D eigenvalue weighted by Crippen LogP contribution is 2.12. The lowest BCUT2D eigenvalue weighted by atomic mass is 10.1. The van der Waals surface area contributed by atoms with Crippen LogP contribution in [0.15, 0.2) is 47.1 Å². The molecule has 0 radical (unpaired) electrons. The second-order valence-corrected chi connectivity index (χ2v) is 5.43. The lowest BCUT2D eigenvalue weighted by molar-refractivity contribution is 0.0971. The van der Waals surface area contributed by atoms with Gasteiger partial charge in [-0.2, -0.15) is 0 Å². The summed E-state index contributed by atoms with van der Waals surface area (Å²) in [5, 5.41) is 0. The summed E-state index contributed by atoms with van der Waals surface area (Å²) >= 11 is 8.58. The Kier molecular flexibility index (Phi) is 4.09. The molecule has 4 heteroatoms. The monoisotopic (exact) mass is 321 g/mol. The molecule has 0 aliphatic rings. The lowest BCUT2D eigenvalue weighted by Crippen LogP contribution is -2.11. The van der Waals surface area contributed by atoms with Crippen LogP contribution in [0, 0.1) is 11.6 Å². The number of aromatic nitrogens is 1. The van der Waals surface area contributed by atoms with E-state index in [9.17, 15) is 4.79 Å². The van der Waals surface area contributed by atoms with E-state index < -0.39 is 0 Å². The molecule has 92 valence electrons. The van der Waals surface area contributed by atoms with E-state index in [1.807, 2.05) is 49.5 Å². The largest absolute Gasteiger partial charge is 0.331 e. The van der Waals surface area contributed by atoms with Crippen molar-refractivity contribution >= 4 is 33.9 Å². The zero-order valence-corrected chi connectivity index (χ0v) is 12.3. The van der Waals surface area contributed by atoms with Gasteiger partial charge in [-0.15, -0.1) is 0 Å². The van der Waals surface area contributed by atoms with E-state index in [1.165, 1.54) is 0 Å². The van der Waals surface area contributed by atoms with E-state index in [4.69, 9.17) is 12.2 Å². The average Bonchev–Trinajstić information content (AvgIpc) is 2.33. The number of ketones is 1. The minimum Gasteiger partial charge on any atom is -0.331 e. The molecule has 0 aliphatic carbocycles. The van der Waals surface area contributed by atoms with Gasteiger partial charge in [0, 0.05) is 16.2 Å². The van der Waals surface area contributed by atoms with Gasteiger partial charge in [-0.05, 0) is 36.8 Å². The van der Waals surface area contributed by atoms with Crippen molar-refractivity contribution in [1.29, 1.82) is 0 Å². The predicted octanol–water partition coefficient (Wildman–Crippen LogP) is 4.17. The van der Waals surface area contributed by atoms with Gasteiger partial charge in [-0.1, -0.05) is 40.3 Å². The summed E-state index contributed by atoms with van der Waals surface area (Å²) in [6.07, 6.45) is 1.86. The third-order valence-corrected chi connectivity index (χ3v) is 3.51. The summed E-state index contributed by atoms with van der Waals surface area (Å²) < 4.78 is 3.43. The van der Waals surface area contributed by atoms with Crippen molar-refractivity contribution in [3.05, 3.63) is 62.8 Å². The molecule has 1 heterocycles. The Morgan fingerprint density at radius 1 is 1.28 bits per heavy atom. The molecule has 0 bridgehead atoms. The molecule has 0 aliphatic heterocycles. The Morgan fingerprint density at radius 2 is 1.94 bits per heavy atom. The molecule has 0 fully saturated rings. The van der Waals surface area contributed by atoms with Crippen LogP contribution in [0.1, 0.15) is 15.9 Å². The first-order chi connectivity index (χ1) is 8.56. The molecule has 0 saturated heterocycles. The van der Waals surface area contributed by atoms with Gasteiger partial charge < -0.3 is 4.57 Å². The maximum absolute atomic E-state index is 12.1. The molecule has 2 aromatic rings. The zero-order valence-electron chi connectivity index (χ0n) is 9.89. The number of carbonyl (C=O) groups excluding carboxylic acids is 1. The third kappa shape index (κ3) is 3.15. The van der Waals surface area contributed by atoms with E-state index in [0.717, 1.165) is 10.0 Å². The second kappa shape index (κ2) is 5.59.